The number of hydrogen-bond acceptors (Lipinski definition) is 2. The van der Waals surface area contributed by atoms with Crippen molar-refractivity contribution in [3.05, 3.63) is 65.7 Å². The minimum atomic E-state index is 0. The summed E-state index contributed by atoms with van der Waals surface area (Å²) in [7, 11) is 1.78. The molecule has 1 aliphatic heterocycles. The fraction of sp³-hybridized carbons (Fsp3) is 0.364. The van der Waals surface area contributed by atoms with Crippen molar-refractivity contribution in [2.75, 3.05) is 25.5 Å². The SMILES string of the molecule is CCC(CNC(=NC)NCC1CC(=O)Nc2ccccc21)c1ccccc1.I. The molecule has 3 rings (SSSR count). The van der Waals surface area contributed by atoms with Gasteiger partial charge in [-0.05, 0) is 23.6 Å². The van der Waals surface area contributed by atoms with Crippen LogP contribution < -0.4 is 16.0 Å². The molecule has 5 nitrogen and oxygen atoms in total. The summed E-state index contributed by atoms with van der Waals surface area (Å²) in [5, 5.41) is 9.77. The molecule has 1 amide bonds. The van der Waals surface area contributed by atoms with Crippen LogP contribution in [0.15, 0.2) is 59.6 Å². The summed E-state index contributed by atoms with van der Waals surface area (Å²) in [6.07, 6.45) is 1.55. The van der Waals surface area contributed by atoms with Crippen molar-refractivity contribution in [2.45, 2.75) is 31.6 Å². The zero-order valence-corrected chi connectivity index (χ0v) is 18.8. The number of aliphatic imine (C=N–C) groups is 1. The van der Waals surface area contributed by atoms with Crippen LogP contribution in [-0.4, -0.2) is 32.0 Å². The van der Waals surface area contributed by atoms with Crippen LogP contribution in [0.5, 0.6) is 0 Å². The third kappa shape index (κ3) is 5.70. The Kier molecular flexibility index (Phi) is 8.76. The number of halogens is 1. The number of hydrogen-bond donors (Lipinski definition) is 3. The maximum Gasteiger partial charge on any atom is 0.225 e. The normalized spacial score (nSPS) is 17.0. The molecule has 0 saturated carbocycles. The number of guanidine groups is 1. The van der Waals surface area contributed by atoms with E-state index in [1.807, 2.05) is 24.3 Å². The molecule has 2 aromatic rings. The lowest BCUT2D eigenvalue weighted by molar-refractivity contribution is -0.116. The Morgan fingerprint density at radius 1 is 1.14 bits per heavy atom. The van der Waals surface area contributed by atoms with Gasteiger partial charge in [0.2, 0.25) is 5.91 Å². The van der Waals surface area contributed by atoms with E-state index in [9.17, 15) is 4.79 Å². The fourth-order valence-corrected chi connectivity index (χ4v) is 3.57. The Labute approximate surface area is 184 Å². The lowest BCUT2D eigenvalue weighted by atomic mass is 9.90. The second-order valence-corrected chi connectivity index (χ2v) is 6.89. The fourth-order valence-electron chi connectivity index (χ4n) is 3.57. The number of para-hydroxylation sites is 1. The minimum absolute atomic E-state index is 0. The van der Waals surface area contributed by atoms with Crippen LogP contribution in [0.25, 0.3) is 0 Å². The number of rotatable bonds is 6. The largest absolute Gasteiger partial charge is 0.356 e. The topological polar surface area (TPSA) is 65.5 Å². The van der Waals surface area contributed by atoms with Gasteiger partial charge in [-0.3, -0.25) is 9.79 Å². The molecular formula is C22H29IN4O. The molecule has 0 aliphatic carbocycles. The summed E-state index contributed by atoms with van der Waals surface area (Å²) in [6.45, 7) is 3.70. The second kappa shape index (κ2) is 11.0. The Bertz CT molecular complexity index is 794. The van der Waals surface area contributed by atoms with Gasteiger partial charge < -0.3 is 16.0 Å². The summed E-state index contributed by atoms with van der Waals surface area (Å²) >= 11 is 0. The van der Waals surface area contributed by atoms with Crippen molar-refractivity contribution >= 4 is 41.5 Å². The standard InChI is InChI=1S/C22H28N4O.HI/c1-3-16(17-9-5-4-6-10-17)14-24-22(23-2)25-15-18-13-21(27)26-20-12-8-7-11-19(18)20;/h4-12,16,18H,3,13-15H2,1-2H3,(H,26,27)(H2,23,24,25);1H. The van der Waals surface area contributed by atoms with Crippen molar-refractivity contribution in [3.63, 3.8) is 0 Å². The van der Waals surface area contributed by atoms with Crippen LogP contribution in [0.3, 0.4) is 0 Å². The maximum atomic E-state index is 12.0. The molecule has 2 aromatic carbocycles. The molecule has 1 aliphatic rings. The summed E-state index contributed by atoms with van der Waals surface area (Å²) in [4.78, 5) is 16.3. The second-order valence-electron chi connectivity index (χ2n) is 6.89. The van der Waals surface area contributed by atoms with Crippen molar-refractivity contribution in [1.29, 1.82) is 0 Å². The number of nitrogens with zero attached hydrogens (tertiary/aromatic N) is 1. The molecule has 150 valence electrons. The van der Waals surface area contributed by atoms with E-state index in [1.54, 1.807) is 7.05 Å². The van der Waals surface area contributed by atoms with E-state index in [0.717, 1.165) is 24.6 Å². The van der Waals surface area contributed by atoms with Gasteiger partial charge in [-0.15, -0.1) is 24.0 Å². The van der Waals surface area contributed by atoms with Crippen LogP contribution in [0.4, 0.5) is 5.69 Å². The monoisotopic (exact) mass is 492 g/mol. The van der Waals surface area contributed by atoms with Crippen molar-refractivity contribution < 1.29 is 4.79 Å². The van der Waals surface area contributed by atoms with Crippen LogP contribution >= 0.6 is 24.0 Å². The van der Waals surface area contributed by atoms with Gasteiger partial charge in [-0.1, -0.05) is 55.5 Å². The lowest BCUT2D eigenvalue weighted by Gasteiger charge is -2.26. The van der Waals surface area contributed by atoms with Gasteiger partial charge in [0, 0.05) is 44.1 Å². The Morgan fingerprint density at radius 2 is 1.86 bits per heavy atom. The van der Waals surface area contributed by atoms with Gasteiger partial charge in [0.1, 0.15) is 0 Å². The predicted octanol–water partition coefficient (Wildman–Crippen LogP) is 4.09. The molecule has 28 heavy (non-hydrogen) atoms. The summed E-state index contributed by atoms with van der Waals surface area (Å²) in [6, 6.07) is 18.5. The number of fused-ring (bicyclic) bond motifs is 1. The molecule has 6 heteroatoms. The third-order valence-electron chi connectivity index (χ3n) is 5.13. The minimum Gasteiger partial charge on any atom is -0.356 e. The summed E-state index contributed by atoms with van der Waals surface area (Å²) < 4.78 is 0. The Hall–Kier alpha value is -2.09. The van der Waals surface area contributed by atoms with Crippen LogP contribution in [0, 0.1) is 0 Å². The smallest absolute Gasteiger partial charge is 0.225 e. The average Bonchev–Trinajstić information content (AvgIpc) is 2.71. The molecule has 2 unspecified atom stereocenters. The van der Waals surface area contributed by atoms with Crippen LogP contribution in [0.1, 0.15) is 42.7 Å². The molecule has 2 atom stereocenters. The molecule has 3 N–H and O–H groups in total. The van der Waals surface area contributed by atoms with Crippen LogP contribution in [0.2, 0.25) is 0 Å². The van der Waals surface area contributed by atoms with E-state index in [4.69, 9.17) is 0 Å². The molecule has 0 spiro atoms. The van der Waals surface area contributed by atoms with E-state index < -0.39 is 0 Å². The summed E-state index contributed by atoms with van der Waals surface area (Å²) in [5.74, 6) is 1.42. The molecule has 0 saturated heterocycles. The first-order valence-corrected chi connectivity index (χ1v) is 9.59. The van der Waals surface area contributed by atoms with Crippen LogP contribution in [-0.2, 0) is 4.79 Å². The van der Waals surface area contributed by atoms with E-state index in [1.165, 1.54) is 11.1 Å². The van der Waals surface area contributed by atoms with Gasteiger partial charge >= 0.3 is 0 Å². The van der Waals surface area contributed by atoms with E-state index in [2.05, 4.69) is 58.2 Å². The number of nitrogens with one attached hydrogen (secondary N) is 3. The molecule has 1 heterocycles. The summed E-state index contributed by atoms with van der Waals surface area (Å²) in [5.41, 5.74) is 3.43. The lowest BCUT2D eigenvalue weighted by Crippen LogP contribution is -2.42. The highest BCUT2D eigenvalue weighted by molar-refractivity contribution is 14.0. The van der Waals surface area contributed by atoms with E-state index in [0.29, 0.717) is 18.9 Å². The number of carbonyl (C=O) groups excluding carboxylic acids is 1. The first-order valence-electron chi connectivity index (χ1n) is 9.59. The molecule has 0 radical (unpaired) electrons. The van der Waals surface area contributed by atoms with Gasteiger partial charge in [0.25, 0.3) is 0 Å². The Morgan fingerprint density at radius 3 is 2.57 bits per heavy atom. The first kappa shape index (κ1) is 22.2. The third-order valence-corrected chi connectivity index (χ3v) is 5.13. The molecule has 0 fully saturated rings. The van der Waals surface area contributed by atoms with Crippen molar-refractivity contribution in [1.82, 2.24) is 10.6 Å². The van der Waals surface area contributed by atoms with Crippen molar-refractivity contribution in [3.8, 4) is 0 Å². The van der Waals surface area contributed by atoms with E-state index >= 15 is 0 Å². The van der Waals surface area contributed by atoms with Gasteiger partial charge in [0.05, 0.1) is 0 Å². The molecule has 0 aromatic heterocycles. The predicted molar refractivity (Wildman–Crippen MR) is 127 cm³/mol. The zero-order valence-electron chi connectivity index (χ0n) is 16.4. The Balaban J connectivity index is 0.00000280. The number of anilines is 1. The average molecular weight is 492 g/mol. The van der Waals surface area contributed by atoms with Crippen molar-refractivity contribution in [2.24, 2.45) is 4.99 Å². The highest BCUT2D eigenvalue weighted by atomic mass is 127. The van der Waals surface area contributed by atoms with E-state index in [-0.39, 0.29) is 35.8 Å². The van der Waals surface area contributed by atoms with Gasteiger partial charge in [-0.25, -0.2) is 0 Å². The zero-order chi connectivity index (χ0) is 19.1. The highest BCUT2D eigenvalue weighted by Crippen LogP contribution is 2.31. The quantitative estimate of drug-likeness (QED) is 0.324. The molecular weight excluding hydrogens is 463 g/mol. The van der Waals surface area contributed by atoms with Gasteiger partial charge in [0.15, 0.2) is 5.96 Å². The highest BCUT2D eigenvalue weighted by Gasteiger charge is 2.24. The number of benzene rings is 2. The number of carbonyl (C=O) groups is 1. The molecule has 0 bridgehead atoms. The maximum absolute atomic E-state index is 12.0. The van der Waals surface area contributed by atoms with Gasteiger partial charge in [-0.2, -0.15) is 0 Å². The first-order chi connectivity index (χ1) is 13.2. The number of amides is 1.